The highest BCUT2D eigenvalue weighted by atomic mass is 15.0. The highest BCUT2D eigenvalue weighted by Gasteiger charge is 2.16. The lowest BCUT2D eigenvalue weighted by Gasteiger charge is -2.11. The van der Waals surface area contributed by atoms with E-state index in [1.165, 1.54) is 28.8 Å². The zero-order valence-electron chi connectivity index (χ0n) is 39.2. The lowest BCUT2D eigenvalue weighted by Crippen LogP contribution is -1.95. The van der Waals surface area contributed by atoms with Crippen molar-refractivity contribution in [3.63, 3.8) is 0 Å². The van der Waals surface area contributed by atoms with Crippen molar-refractivity contribution in [2.24, 2.45) is 0 Å². The van der Waals surface area contributed by atoms with E-state index in [0.717, 1.165) is 4.57 Å². The number of aromatic nitrogens is 2. The molecule has 0 fully saturated rings. The third-order valence-corrected chi connectivity index (χ3v) is 6.31. The molecule has 38 heavy (non-hydrogen) atoms. The van der Waals surface area contributed by atoms with E-state index in [9.17, 15) is 4.11 Å². The minimum absolute atomic E-state index is 0.114. The first-order valence-corrected chi connectivity index (χ1v) is 11.4. The molecule has 0 bridgehead atoms. The topological polar surface area (TPSA) is 9.86 Å². The van der Waals surface area contributed by atoms with Crippen LogP contribution in [0.5, 0.6) is 0 Å². The molecule has 6 aromatic carbocycles. The van der Waals surface area contributed by atoms with Gasteiger partial charge in [-0.15, -0.1) is 0 Å². The summed E-state index contributed by atoms with van der Waals surface area (Å²) < 4.78 is 176. The van der Waals surface area contributed by atoms with Crippen molar-refractivity contribution < 1.29 is 27.4 Å². The lowest BCUT2D eigenvalue weighted by atomic mass is 10.1. The standard InChI is InChI=1S/C36H24N2/c1-2-10-25(11-3-1)26-18-20-27(21-19-26)37-35-17-9-6-14-31(35)32-24-28(22-23-36(32)37)38-33-15-7-4-12-29(33)30-13-5-8-16-34(30)38/h1-24H/i1D,2D,3D,4D,5D,6D,7D,8D,9D,10D,11D,12D,13D,14D,15D,16D,17D,22D,23D,24D. The Morgan fingerprint density at radius 2 is 0.842 bits per heavy atom. The Balaban J connectivity index is 1.56. The fraction of sp³-hybridized carbons (Fsp3) is 0. The highest BCUT2D eigenvalue weighted by Crippen LogP contribution is 2.37. The predicted molar refractivity (Wildman–Crippen MR) is 161 cm³/mol. The molecule has 0 saturated heterocycles. The summed E-state index contributed by atoms with van der Waals surface area (Å²) in [6.07, 6.45) is 0. The van der Waals surface area contributed by atoms with Crippen LogP contribution in [0.15, 0.2) is 145 Å². The molecule has 2 heteroatoms. The summed E-state index contributed by atoms with van der Waals surface area (Å²) in [5.41, 5.74) is -1.65. The number of rotatable bonds is 3. The number of para-hydroxylation sites is 3. The SMILES string of the molecule is [2H]c1c([2H])c([2H])c(-c2ccc(-n3c4c([2H])c([2H])c([2H])c([2H])c4c4c([2H])c(-n5c6c([2H])c([2H])c([2H])c([2H])c6c6c([2H])c([2H])c([2H])c([2H])c65)c([2H])c([2H])c43)cc2)c([2H])c1[2H]. The third kappa shape index (κ3) is 3.07. The predicted octanol–water partition coefficient (Wildman–Crippen LogP) is 9.55. The van der Waals surface area contributed by atoms with Gasteiger partial charge in [-0.25, -0.2) is 0 Å². The summed E-state index contributed by atoms with van der Waals surface area (Å²) in [6, 6.07) is -7.35. The zero-order valence-corrected chi connectivity index (χ0v) is 19.2. The van der Waals surface area contributed by atoms with Gasteiger partial charge in [-0.3, -0.25) is 0 Å². The maximum absolute atomic E-state index is 9.68. The van der Waals surface area contributed by atoms with E-state index in [-0.39, 0.29) is 49.4 Å². The van der Waals surface area contributed by atoms with Gasteiger partial charge in [-0.1, -0.05) is 96.7 Å². The van der Waals surface area contributed by atoms with Crippen molar-refractivity contribution in [3.05, 3.63) is 145 Å². The van der Waals surface area contributed by atoms with Crippen LogP contribution < -0.4 is 0 Å². The fourth-order valence-electron chi connectivity index (χ4n) is 4.69. The molecule has 0 amide bonds. The van der Waals surface area contributed by atoms with Crippen molar-refractivity contribution in [1.29, 1.82) is 0 Å². The lowest BCUT2D eigenvalue weighted by molar-refractivity contribution is 1.17. The molecule has 0 radical (unpaired) electrons. The second-order valence-corrected chi connectivity index (χ2v) is 8.34. The van der Waals surface area contributed by atoms with Gasteiger partial charge in [0.05, 0.1) is 49.5 Å². The van der Waals surface area contributed by atoms with Crippen LogP contribution in [-0.4, -0.2) is 9.13 Å². The molecular weight excluding hydrogens is 460 g/mol. The average Bonchev–Trinajstić information content (AvgIpc) is 3.75. The molecule has 0 unspecified atom stereocenters. The maximum Gasteiger partial charge on any atom is 0.0652 e. The largest absolute Gasteiger partial charge is 0.309 e. The summed E-state index contributed by atoms with van der Waals surface area (Å²) in [7, 11) is 0. The van der Waals surface area contributed by atoms with Gasteiger partial charge < -0.3 is 9.13 Å². The van der Waals surface area contributed by atoms with Crippen LogP contribution in [-0.2, 0) is 0 Å². The van der Waals surface area contributed by atoms with Crippen LogP contribution in [0.4, 0.5) is 0 Å². The molecule has 0 aliphatic rings. The van der Waals surface area contributed by atoms with Gasteiger partial charge in [-0.2, -0.15) is 0 Å². The van der Waals surface area contributed by atoms with Gasteiger partial charge in [0.15, 0.2) is 0 Å². The van der Waals surface area contributed by atoms with E-state index >= 15 is 0 Å². The number of hydrogen-bond acceptors (Lipinski definition) is 0. The van der Waals surface area contributed by atoms with Gasteiger partial charge in [0.25, 0.3) is 0 Å². The van der Waals surface area contributed by atoms with Crippen molar-refractivity contribution >= 4 is 43.6 Å². The molecular formula is C36H24N2. The Kier molecular flexibility index (Phi) is 2.02. The molecule has 0 N–H and O–H groups in total. The Labute approximate surface area is 248 Å². The molecule has 2 nitrogen and oxygen atoms in total. The molecule has 8 rings (SSSR count). The number of hydrogen-bond donors (Lipinski definition) is 0. The summed E-state index contributed by atoms with van der Waals surface area (Å²) in [5, 5.41) is -1.21. The van der Waals surface area contributed by atoms with Crippen LogP contribution in [0, 0.1) is 0 Å². The number of fused-ring (bicyclic) bond motifs is 6. The Morgan fingerprint density at radius 1 is 0.368 bits per heavy atom. The Hall–Kier alpha value is -5.08. The molecule has 0 atom stereocenters. The van der Waals surface area contributed by atoms with Crippen LogP contribution >= 0.6 is 0 Å². The molecule has 178 valence electrons. The maximum atomic E-state index is 9.68. The molecule has 8 aromatic rings. The smallest absolute Gasteiger partial charge is 0.0652 e. The van der Waals surface area contributed by atoms with E-state index in [4.69, 9.17) is 23.3 Å². The molecule has 0 spiro atoms. The van der Waals surface area contributed by atoms with Crippen molar-refractivity contribution in [2.45, 2.75) is 0 Å². The van der Waals surface area contributed by atoms with E-state index in [0.29, 0.717) is 0 Å². The van der Waals surface area contributed by atoms with Crippen LogP contribution in [0.25, 0.3) is 66.1 Å². The van der Waals surface area contributed by atoms with E-state index < -0.39 is 138 Å². The quantitative estimate of drug-likeness (QED) is 0.227. The Bertz CT molecular complexity index is 3110. The second-order valence-electron chi connectivity index (χ2n) is 8.34. The molecule has 0 aliphatic heterocycles. The van der Waals surface area contributed by atoms with Gasteiger partial charge in [0.2, 0.25) is 0 Å². The van der Waals surface area contributed by atoms with Gasteiger partial charge in [0, 0.05) is 32.9 Å². The number of nitrogens with zero attached hydrogens (tertiary/aromatic N) is 2. The summed E-state index contributed by atoms with van der Waals surface area (Å²) in [4.78, 5) is 0. The molecule has 2 aromatic heterocycles. The second kappa shape index (κ2) is 8.22. The summed E-state index contributed by atoms with van der Waals surface area (Å²) in [6.45, 7) is 0. The van der Waals surface area contributed by atoms with Crippen LogP contribution in [0.3, 0.4) is 0 Å². The number of benzene rings is 6. The van der Waals surface area contributed by atoms with E-state index in [1.54, 1.807) is 0 Å². The van der Waals surface area contributed by atoms with Gasteiger partial charge in [0.1, 0.15) is 0 Å². The molecule has 2 heterocycles. The summed E-state index contributed by atoms with van der Waals surface area (Å²) in [5.74, 6) is 0. The van der Waals surface area contributed by atoms with Gasteiger partial charge >= 0.3 is 0 Å². The first-order chi connectivity index (χ1) is 27.2. The average molecular weight is 505 g/mol. The normalized spacial score (nSPS) is 19.1. The first-order valence-electron chi connectivity index (χ1n) is 21.4. The van der Waals surface area contributed by atoms with E-state index in [2.05, 4.69) is 0 Å². The summed E-state index contributed by atoms with van der Waals surface area (Å²) >= 11 is 0. The van der Waals surface area contributed by atoms with Crippen LogP contribution in [0.2, 0.25) is 0 Å². The minimum atomic E-state index is -0.758. The van der Waals surface area contributed by atoms with Crippen molar-refractivity contribution in [2.75, 3.05) is 0 Å². The highest BCUT2D eigenvalue weighted by molar-refractivity contribution is 6.12. The van der Waals surface area contributed by atoms with Crippen molar-refractivity contribution in [3.8, 4) is 22.5 Å². The van der Waals surface area contributed by atoms with Gasteiger partial charge in [-0.05, 0) is 59.5 Å². The van der Waals surface area contributed by atoms with Crippen LogP contribution in [0.1, 0.15) is 27.4 Å². The first kappa shape index (κ1) is 9.34. The molecule has 0 saturated carbocycles. The van der Waals surface area contributed by atoms with Crippen molar-refractivity contribution in [1.82, 2.24) is 9.13 Å². The van der Waals surface area contributed by atoms with E-state index in [1.807, 2.05) is 0 Å². The Morgan fingerprint density at radius 3 is 1.45 bits per heavy atom. The monoisotopic (exact) mass is 504 g/mol. The minimum Gasteiger partial charge on any atom is -0.309 e. The zero-order chi connectivity index (χ0) is 42.5. The third-order valence-electron chi connectivity index (χ3n) is 6.31. The fourth-order valence-corrected chi connectivity index (χ4v) is 4.69. The molecule has 0 aliphatic carbocycles.